The predicted molar refractivity (Wildman–Crippen MR) is 87.5 cm³/mol. The lowest BCUT2D eigenvalue weighted by atomic mass is 10.0. The van der Waals surface area contributed by atoms with Gasteiger partial charge in [-0.3, -0.25) is 9.59 Å². The molecule has 23 heavy (non-hydrogen) atoms. The molecule has 1 aromatic rings. The normalized spacial score (nSPS) is 12.6. The van der Waals surface area contributed by atoms with E-state index < -0.39 is 10.0 Å². The first-order chi connectivity index (χ1) is 10.5. The fraction of sp³-hybridized carbons (Fsp3) is 0.467. The van der Waals surface area contributed by atoms with Gasteiger partial charge in [0.05, 0.1) is 4.90 Å². The van der Waals surface area contributed by atoms with E-state index in [4.69, 9.17) is 5.14 Å². The average Bonchev–Trinajstić information content (AvgIpc) is 2.46. The van der Waals surface area contributed by atoms with Crippen molar-refractivity contribution in [2.45, 2.75) is 38.1 Å². The lowest BCUT2D eigenvalue weighted by Crippen LogP contribution is -2.38. The molecule has 0 aliphatic rings. The van der Waals surface area contributed by atoms with Gasteiger partial charge in [0, 0.05) is 32.1 Å². The summed E-state index contributed by atoms with van der Waals surface area (Å²) in [5, 5.41) is 7.71. The topological polar surface area (TPSA) is 110 Å². The maximum absolute atomic E-state index is 12.6. The molecule has 0 aromatic heterocycles. The third-order valence-corrected chi connectivity index (χ3v) is 4.95. The molecule has 0 unspecified atom stereocenters. The van der Waals surface area contributed by atoms with Gasteiger partial charge in [-0.05, 0) is 44.0 Å². The number of hydrogen-bond acceptors (Lipinski definition) is 4. The number of sulfonamides is 1. The van der Waals surface area contributed by atoms with Crippen LogP contribution >= 0.6 is 0 Å². The van der Waals surface area contributed by atoms with Crippen molar-refractivity contribution >= 4 is 21.8 Å². The molecular weight excluding hydrogens is 318 g/mol. The van der Waals surface area contributed by atoms with Crippen LogP contribution in [0.5, 0.6) is 0 Å². The van der Waals surface area contributed by atoms with Crippen LogP contribution in [0.15, 0.2) is 17.0 Å². The Morgan fingerprint density at radius 2 is 1.87 bits per heavy atom. The Balaban J connectivity index is 3.18. The van der Waals surface area contributed by atoms with Crippen molar-refractivity contribution in [1.82, 2.24) is 10.2 Å². The molecule has 1 aromatic carbocycles. The Morgan fingerprint density at radius 3 is 2.35 bits per heavy atom. The molecule has 0 radical (unpaired) electrons. The average molecular weight is 341 g/mol. The van der Waals surface area contributed by atoms with Gasteiger partial charge >= 0.3 is 0 Å². The lowest BCUT2D eigenvalue weighted by molar-refractivity contribution is -0.121. The molecule has 0 bridgehead atoms. The minimum Gasteiger partial charge on any atom is -0.359 e. The van der Waals surface area contributed by atoms with E-state index in [1.54, 1.807) is 33.9 Å². The maximum Gasteiger partial charge on any atom is 0.253 e. The van der Waals surface area contributed by atoms with E-state index in [1.165, 1.54) is 18.0 Å². The standard InChI is InChI=1S/C15H23N3O4S/c1-9-6-12(8-13(11(9)3)23(16,21)22)15(20)18(5)10(2)7-14(19)17-4/h6,8,10H,7H2,1-5H3,(H,17,19)(H2,16,21,22)/t10-/m1/s1. The summed E-state index contributed by atoms with van der Waals surface area (Å²) in [7, 11) is -0.818. The number of amides is 2. The highest BCUT2D eigenvalue weighted by atomic mass is 32.2. The second-order valence-corrected chi connectivity index (χ2v) is 7.13. The van der Waals surface area contributed by atoms with Gasteiger partial charge in [0.25, 0.3) is 5.91 Å². The van der Waals surface area contributed by atoms with Crippen molar-refractivity contribution in [2.24, 2.45) is 5.14 Å². The highest BCUT2D eigenvalue weighted by molar-refractivity contribution is 7.89. The quantitative estimate of drug-likeness (QED) is 0.815. The van der Waals surface area contributed by atoms with Crippen LogP contribution in [-0.2, 0) is 14.8 Å². The zero-order valence-electron chi connectivity index (χ0n) is 14.0. The first-order valence-electron chi connectivity index (χ1n) is 7.10. The highest BCUT2D eigenvalue weighted by Gasteiger charge is 2.22. The molecule has 0 saturated heterocycles. The minimum absolute atomic E-state index is 0.0618. The van der Waals surface area contributed by atoms with Gasteiger partial charge in [0.15, 0.2) is 0 Å². The van der Waals surface area contributed by atoms with E-state index in [0.717, 1.165) is 0 Å². The molecule has 3 N–H and O–H groups in total. The Morgan fingerprint density at radius 1 is 1.30 bits per heavy atom. The highest BCUT2D eigenvalue weighted by Crippen LogP contribution is 2.21. The Kier molecular flexibility index (Phi) is 5.90. The number of nitrogens with zero attached hydrogens (tertiary/aromatic N) is 1. The van der Waals surface area contributed by atoms with E-state index in [-0.39, 0.29) is 34.7 Å². The van der Waals surface area contributed by atoms with Crippen LogP contribution < -0.4 is 10.5 Å². The van der Waals surface area contributed by atoms with Crippen molar-refractivity contribution in [2.75, 3.05) is 14.1 Å². The zero-order valence-corrected chi connectivity index (χ0v) is 14.8. The van der Waals surface area contributed by atoms with Crippen LogP contribution in [0.3, 0.4) is 0 Å². The first kappa shape index (κ1) is 19.1. The Bertz CT molecular complexity index is 728. The molecule has 7 nitrogen and oxygen atoms in total. The number of hydrogen-bond donors (Lipinski definition) is 2. The van der Waals surface area contributed by atoms with Gasteiger partial charge in [0.2, 0.25) is 15.9 Å². The molecular formula is C15H23N3O4S. The SMILES string of the molecule is CNC(=O)C[C@@H](C)N(C)C(=O)c1cc(C)c(C)c(S(N)(=O)=O)c1. The second kappa shape index (κ2) is 7.10. The number of benzene rings is 1. The molecule has 1 rings (SSSR count). The van der Waals surface area contributed by atoms with E-state index in [1.807, 2.05) is 0 Å². The molecule has 8 heteroatoms. The summed E-state index contributed by atoms with van der Waals surface area (Å²) in [4.78, 5) is 25.3. The lowest BCUT2D eigenvalue weighted by Gasteiger charge is -2.25. The fourth-order valence-electron chi connectivity index (χ4n) is 2.16. The Labute approximate surface area is 136 Å². The van der Waals surface area contributed by atoms with Crippen LogP contribution in [0.1, 0.15) is 34.8 Å². The van der Waals surface area contributed by atoms with Gasteiger partial charge in [0.1, 0.15) is 0 Å². The molecule has 128 valence electrons. The molecule has 0 heterocycles. The summed E-state index contributed by atoms with van der Waals surface area (Å²) in [5.41, 5.74) is 1.40. The predicted octanol–water partition coefficient (Wildman–Crippen LogP) is 0.547. The number of nitrogens with one attached hydrogen (secondary N) is 1. The van der Waals surface area contributed by atoms with E-state index >= 15 is 0 Å². The monoisotopic (exact) mass is 341 g/mol. The largest absolute Gasteiger partial charge is 0.359 e. The van der Waals surface area contributed by atoms with Crippen LogP contribution in [0.2, 0.25) is 0 Å². The van der Waals surface area contributed by atoms with Crippen LogP contribution in [0.25, 0.3) is 0 Å². The second-order valence-electron chi connectivity index (χ2n) is 5.60. The Hall–Kier alpha value is -1.93. The van der Waals surface area contributed by atoms with Gasteiger partial charge in [-0.25, -0.2) is 13.6 Å². The number of primary sulfonamides is 1. The van der Waals surface area contributed by atoms with Crippen molar-refractivity contribution in [3.05, 3.63) is 28.8 Å². The number of carbonyl (C=O) groups is 2. The molecule has 0 aliphatic heterocycles. The molecule has 0 fully saturated rings. The first-order valence-corrected chi connectivity index (χ1v) is 8.65. The number of nitrogens with two attached hydrogens (primary N) is 1. The van der Waals surface area contributed by atoms with Crippen molar-refractivity contribution in [3.8, 4) is 0 Å². The van der Waals surface area contributed by atoms with Crippen molar-refractivity contribution in [1.29, 1.82) is 0 Å². The summed E-state index contributed by atoms with van der Waals surface area (Å²) in [6.45, 7) is 5.10. The summed E-state index contributed by atoms with van der Waals surface area (Å²) in [6.07, 6.45) is 0.158. The smallest absolute Gasteiger partial charge is 0.253 e. The molecule has 2 amide bonds. The van der Waals surface area contributed by atoms with Gasteiger partial charge < -0.3 is 10.2 Å². The minimum atomic E-state index is -3.92. The summed E-state index contributed by atoms with van der Waals surface area (Å²) in [5.74, 6) is -0.545. The van der Waals surface area contributed by atoms with E-state index in [9.17, 15) is 18.0 Å². The summed E-state index contributed by atoms with van der Waals surface area (Å²) in [6, 6.07) is 2.57. The van der Waals surface area contributed by atoms with Crippen molar-refractivity contribution in [3.63, 3.8) is 0 Å². The van der Waals surface area contributed by atoms with E-state index in [0.29, 0.717) is 11.1 Å². The van der Waals surface area contributed by atoms with Gasteiger partial charge in [-0.15, -0.1) is 0 Å². The fourth-order valence-corrected chi connectivity index (χ4v) is 3.04. The van der Waals surface area contributed by atoms with Gasteiger partial charge in [-0.2, -0.15) is 0 Å². The van der Waals surface area contributed by atoms with Crippen LogP contribution in [0.4, 0.5) is 0 Å². The number of rotatable bonds is 5. The zero-order chi connectivity index (χ0) is 17.9. The van der Waals surface area contributed by atoms with Crippen molar-refractivity contribution < 1.29 is 18.0 Å². The maximum atomic E-state index is 12.6. The van der Waals surface area contributed by atoms with E-state index in [2.05, 4.69) is 5.32 Å². The van der Waals surface area contributed by atoms with Crippen LogP contribution in [-0.4, -0.2) is 45.3 Å². The summed E-state index contributed by atoms with van der Waals surface area (Å²) >= 11 is 0. The molecule has 0 aliphatic carbocycles. The number of carbonyl (C=O) groups excluding carboxylic acids is 2. The van der Waals surface area contributed by atoms with Crippen LogP contribution in [0, 0.1) is 13.8 Å². The third-order valence-electron chi connectivity index (χ3n) is 3.91. The van der Waals surface area contributed by atoms with Gasteiger partial charge in [-0.1, -0.05) is 0 Å². The number of aryl methyl sites for hydroxylation is 1. The third kappa shape index (κ3) is 4.52. The molecule has 0 spiro atoms. The molecule has 1 atom stereocenters. The molecule has 0 saturated carbocycles. The summed E-state index contributed by atoms with van der Waals surface area (Å²) < 4.78 is 23.3.